The van der Waals surface area contributed by atoms with Crippen LogP contribution in [0.15, 0.2) is 168 Å². The number of hydrogen-bond acceptors (Lipinski definition) is 6. The molecule has 8 rings (SSSR count). The van der Waals surface area contributed by atoms with Gasteiger partial charge in [-0.3, -0.25) is 9.97 Å². The van der Waals surface area contributed by atoms with E-state index in [1.165, 1.54) is 0 Å². The zero-order valence-electron chi connectivity index (χ0n) is 27.6. The monoisotopic (exact) mass is 648 g/mol. The summed E-state index contributed by atoms with van der Waals surface area (Å²) in [5, 5.41) is 13.7. The molecular formula is C44H32N4O2. The van der Waals surface area contributed by atoms with Gasteiger partial charge < -0.3 is 9.47 Å². The smallest absolute Gasteiger partial charge is 0.128 e. The van der Waals surface area contributed by atoms with Gasteiger partial charge in [-0.15, -0.1) is 0 Å². The van der Waals surface area contributed by atoms with Crippen LogP contribution in [0.2, 0.25) is 0 Å². The van der Waals surface area contributed by atoms with E-state index in [-0.39, 0.29) is 0 Å². The van der Waals surface area contributed by atoms with Crippen molar-refractivity contribution in [3.05, 3.63) is 158 Å². The molecule has 0 amide bonds. The predicted molar refractivity (Wildman–Crippen MR) is 203 cm³/mol. The topological polar surface area (TPSA) is 69.0 Å². The average Bonchev–Trinajstić information content (AvgIpc) is 3.19. The van der Waals surface area contributed by atoms with Gasteiger partial charge in [0.15, 0.2) is 0 Å². The van der Waals surface area contributed by atoms with Crippen molar-refractivity contribution in [2.45, 2.75) is 0 Å². The molecule has 0 unspecified atom stereocenters. The highest BCUT2D eigenvalue weighted by Crippen LogP contribution is 2.39. The third-order valence-electron chi connectivity index (χ3n) is 8.90. The van der Waals surface area contributed by atoms with Crippen molar-refractivity contribution in [2.75, 3.05) is 14.2 Å². The molecule has 0 saturated carbocycles. The van der Waals surface area contributed by atoms with Crippen LogP contribution in [-0.2, 0) is 0 Å². The summed E-state index contributed by atoms with van der Waals surface area (Å²) in [5.41, 5.74) is 9.25. The molecule has 0 aliphatic heterocycles. The summed E-state index contributed by atoms with van der Waals surface area (Å²) in [5.74, 6) is 1.54. The minimum atomic E-state index is 0.752. The van der Waals surface area contributed by atoms with Gasteiger partial charge in [0.1, 0.15) is 11.5 Å². The fraction of sp³-hybridized carbons (Fsp3) is 0.0455. The summed E-state index contributed by atoms with van der Waals surface area (Å²) in [4.78, 5) is 9.50. The molecule has 0 atom stereocenters. The van der Waals surface area contributed by atoms with Gasteiger partial charge in [-0.2, -0.15) is 10.2 Å². The fourth-order valence-electron chi connectivity index (χ4n) is 6.42. The minimum Gasteiger partial charge on any atom is -0.496 e. The van der Waals surface area contributed by atoms with Crippen molar-refractivity contribution in [1.82, 2.24) is 9.97 Å². The Morgan fingerprint density at radius 2 is 0.860 bits per heavy atom. The van der Waals surface area contributed by atoms with Crippen LogP contribution in [0.4, 0.5) is 11.4 Å². The van der Waals surface area contributed by atoms with Gasteiger partial charge >= 0.3 is 0 Å². The van der Waals surface area contributed by atoms with E-state index in [2.05, 4.69) is 70.9 Å². The number of fused-ring (bicyclic) bond motifs is 2. The molecule has 8 aromatic rings. The molecule has 0 N–H and O–H groups in total. The number of aromatic nitrogens is 2. The summed E-state index contributed by atoms with van der Waals surface area (Å²) in [7, 11) is 3.38. The lowest BCUT2D eigenvalue weighted by molar-refractivity contribution is 0.416. The van der Waals surface area contributed by atoms with Gasteiger partial charge in [0.25, 0.3) is 0 Å². The lowest BCUT2D eigenvalue weighted by Gasteiger charge is -2.13. The highest BCUT2D eigenvalue weighted by molar-refractivity contribution is 5.97. The summed E-state index contributed by atoms with van der Waals surface area (Å²) >= 11 is 0. The molecule has 6 heteroatoms. The van der Waals surface area contributed by atoms with Crippen LogP contribution in [-0.4, -0.2) is 24.2 Å². The predicted octanol–water partition coefficient (Wildman–Crippen LogP) is 11.9. The van der Waals surface area contributed by atoms with Crippen molar-refractivity contribution < 1.29 is 9.47 Å². The largest absolute Gasteiger partial charge is 0.496 e. The van der Waals surface area contributed by atoms with Gasteiger partial charge in [-0.25, -0.2) is 0 Å². The van der Waals surface area contributed by atoms with E-state index in [1.807, 2.05) is 97.3 Å². The van der Waals surface area contributed by atoms with Gasteiger partial charge in [0, 0.05) is 34.3 Å². The number of pyridine rings is 2. The third kappa shape index (κ3) is 5.95. The number of rotatable bonds is 8. The minimum absolute atomic E-state index is 0.752. The second kappa shape index (κ2) is 13.5. The summed E-state index contributed by atoms with van der Waals surface area (Å²) < 4.78 is 11.5. The SMILES string of the molecule is COc1ccc(-c2cccc(/N=N/c3cccc(-c4ccc(OC)c(-c5nccc6ccccc56)c4)c3)c2)cc1-c1nccc2ccccc12. The van der Waals surface area contributed by atoms with Gasteiger partial charge in [-0.1, -0.05) is 84.9 Å². The number of hydrogen-bond donors (Lipinski definition) is 0. The Bertz CT molecular complexity index is 2360. The zero-order valence-corrected chi connectivity index (χ0v) is 27.6. The Balaban J connectivity index is 1.10. The Morgan fingerprint density at radius 3 is 1.32 bits per heavy atom. The molecule has 6 nitrogen and oxygen atoms in total. The fourth-order valence-corrected chi connectivity index (χ4v) is 6.42. The Labute approximate surface area is 290 Å². The second-order valence-electron chi connectivity index (χ2n) is 11.9. The molecular weight excluding hydrogens is 617 g/mol. The Morgan fingerprint density at radius 1 is 0.420 bits per heavy atom. The maximum Gasteiger partial charge on any atom is 0.128 e. The highest BCUT2D eigenvalue weighted by atomic mass is 16.5. The highest BCUT2D eigenvalue weighted by Gasteiger charge is 2.15. The third-order valence-corrected chi connectivity index (χ3v) is 8.90. The number of ether oxygens (including phenoxy) is 2. The van der Waals surface area contributed by atoms with Crippen molar-refractivity contribution in [3.63, 3.8) is 0 Å². The first-order chi connectivity index (χ1) is 24.7. The lowest BCUT2D eigenvalue weighted by Crippen LogP contribution is -1.92. The molecule has 6 aromatic carbocycles. The first kappa shape index (κ1) is 30.7. The van der Waals surface area contributed by atoms with Crippen molar-refractivity contribution in [3.8, 4) is 56.3 Å². The molecule has 0 spiro atoms. The van der Waals surface area contributed by atoms with Crippen molar-refractivity contribution in [1.29, 1.82) is 0 Å². The summed E-state index contributed by atoms with van der Waals surface area (Å²) in [6.07, 6.45) is 3.69. The Kier molecular flexibility index (Phi) is 8.25. The van der Waals surface area contributed by atoms with E-state index in [0.29, 0.717) is 0 Å². The van der Waals surface area contributed by atoms with E-state index in [1.54, 1.807) is 14.2 Å². The van der Waals surface area contributed by atoms with Gasteiger partial charge in [0.2, 0.25) is 0 Å². The summed E-state index contributed by atoms with van der Waals surface area (Å²) in [6.45, 7) is 0. The molecule has 0 aliphatic carbocycles. The standard InChI is InChI=1S/C44H32N4O2/c1-49-41-19-17-33(27-39(41)43-37-15-5-3-9-29(37)21-23-45-43)31-11-7-13-35(25-31)47-48-36-14-8-12-32(26-36)34-18-20-42(50-2)40(28-34)44-38-16-6-4-10-30(38)22-24-46-44/h3-28H,1-2H3/b48-47+. The number of benzene rings is 6. The normalized spacial score (nSPS) is 11.3. The molecule has 2 heterocycles. The molecule has 0 radical (unpaired) electrons. The van der Waals surface area contributed by atoms with E-state index < -0.39 is 0 Å². The van der Waals surface area contributed by atoms with Crippen LogP contribution in [0.3, 0.4) is 0 Å². The van der Waals surface area contributed by atoms with Crippen LogP contribution in [0.25, 0.3) is 66.3 Å². The van der Waals surface area contributed by atoms with Crippen LogP contribution in [0.5, 0.6) is 11.5 Å². The molecule has 50 heavy (non-hydrogen) atoms. The van der Waals surface area contributed by atoms with E-state index in [0.717, 1.165) is 89.2 Å². The van der Waals surface area contributed by atoms with E-state index in [4.69, 9.17) is 19.4 Å². The molecule has 2 aromatic heterocycles. The zero-order chi connectivity index (χ0) is 33.9. The van der Waals surface area contributed by atoms with Crippen molar-refractivity contribution in [2.24, 2.45) is 10.2 Å². The summed E-state index contributed by atoms with van der Waals surface area (Å²) in [6, 6.07) is 49.1. The molecule has 0 bridgehead atoms. The molecule has 240 valence electrons. The van der Waals surface area contributed by atoms with E-state index in [9.17, 15) is 0 Å². The van der Waals surface area contributed by atoms with Crippen LogP contribution in [0, 0.1) is 0 Å². The number of azo groups is 1. The van der Waals surface area contributed by atoms with E-state index >= 15 is 0 Å². The first-order valence-corrected chi connectivity index (χ1v) is 16.4. The quantitative estimate of drug-likeness (QED) is 0.154. The average molecular weight is 649 g/mol. The Hall–Kier alpha value is -6.66. The van der Waals surface area contributed by atoms with Gasteiger partial charge in [-0.05, 0) is 93.7 Å². The second-order valence-corrected chi connectivity index (χ2v) is 11.9. The maximum absolute atomic E-state index is 5.77. The number of methoxy groups -OCH3 is 2. The molecule has 0 aliphatic rings. The van der Waals surface area contributed by atoms with Crippen LogP contribution < -0.4 is 9.47 Å². The van der Waals surface area contributed by atoms with Crippen LogP contribution in [0.1, 0.15) is 0 Å². The lowest BCUT2D eigenvalue weighted by atomic mass is 9.98. The first-order valence-electron chi connectivity index (χ1n) is 16.4. The van der Waals surface area contributed by atoms with Crippen molar-refractivity contribution >= 4 is 32.9 Å². The number of nitrogens with zero attached hydrogens (tertiary/aromatic N) is 4. The molecule has 0 fully saturated rings. The van der Waals surface area contributed by atoms with Gasteiger partial charge in [0.05, 0.1) is 37.0 Å². The maximum atomic E-state index is 5.77. The molecule has 0 saturated heterocycles. The van der Waals surface area contributed by atoms with Crippen LogP contribution >= 0.6 is 0 Å².